The summed E-state index contributed by atoms with van der Waals surface area (Å²) in [6.07, 6.45) is 0. The molecule has 0 N–H and O–H groups in total. The minimum atomic E-state index is -3.37. The molecule has 0 bridgehead atoms. The van der Waals surface area contributed by atoms with Crippen molar-refractivity contribution in [2.24, 2.45) is 0 Å². The van der Waals surface area contributed by atoms with Crippen molar-refractivity contribution in [3.63, 3.8) is 0 Å². The second-order valence-electron chi connectivity index (χ2n) is 6.87. The van der Waals surface area contributed by atoms with E-state index in [0.29, 0.717) is 18.0 Å². The minimum absolute atomic E-state index is 0.383. The Labute approximate surface area is 151 Å². The molecule has 0 unspecified atom stereocenters. The highest BCUT2D eigenvalue weighted by molar-refractivity contribution is 7.89. The maximum Gasteiger partial charge on any atom is 0.243 e. The van der Waals surface area contributed by atoms with Crippen LogP contribution in [0.4, 0.5) is 0 Å². The Morgan fingerprint density at radius 3 is 2.00 bits per heavy atom. The van der Waals surface area contributed by atoms with Crippen molar-refractivity contribution < 1.29 is 8.42 Å². The summed E-state index contributed by atoms with van der Waals surface area (Å²) in [5.74, 6) is 0. The van der Waals surface area contributed by atoms with Crippen LogP contribution in [0.1, 0.15) is 22.3 Å². The molecule has 5 heteroatoms. The van der Waals surface area contributed by atoms with Crippen molar-refractivity contribution in [1.29, 1.82) is 0 Å². The van der Waals surface area contributed by atoms with E-state index in [1.807, 2.05) is 6.07 Å². The Kier molecular flexibility index (Phi) is 5.27. The summed E-state index contributed by atoms with van der Waals surface area (Å²) in [4.78, 5) is 2.73. The fourth-order valence-electron chi connectivity index (χ4n) is 3.55. The van der Waals surface area contributed by atoms with Crippen molar-refractivity contribution in [3.8, 4) is 0 Å². The average Bonchev–Trinajstić information content (AvgIpc) is 2.59. The fraction of sp³-hybridized carbons (Fsp3) is 0.400. The third-order valence-electron chi connectivity index (χ3n) is 4.93. The zero-order chi connectivity index (χ0) is 18.0. The quantitative estimate of drug-likeness (QED) is 0.843. The van der Waals surface area contributed by atoms with Gasteiger partial charge in [-0.05, 0) is 49.6 Å². The van der Waals surface area contributed by atoms with Gasteiger partial charge in [0.15, 0.2) is 0 Å². The van der Waals surface area contributed by atoms with Gasteiger partial charge in [0.25, 0.3) is 0 Å². The molecular formula is C20H26N2O2S. The molecule has 1 aliphatic heterocycles. The van der Waals surface area contributed by atoms with Crippen LogP contribution in [0.3, 0.4) is 0 Å². The monoisotopic (exact) mass is 358 g/mol. The van der Waals surface area contributed by atoms with Crippen LogP contribution in [0.15, 0.2) is 47.4 Å². The summed E-state index contributed by atoms with van der Waals surface area (Å²) in [5, 5.41) is 0. The third-order valence-corrected chi connectivity index (χ3v) is 6.85. The number of nitrogens with zero attached hydrogens (tertiary/aromatic N) is 2. The topological polar surface area (TPSA) is 40.6 Å². The van der Waals surface area contributed by atoms with E-state index in [-0.39, 0.29) is 0 Å². The summed E-state index contributed by atoms with van der Waals surface area (Å²) in [6.45, 7) is 9.94. The van der Waals surface area contributed by atoms with Gasteiger partial charge in [0, 0.05) is 32.7 Å². The molecule has 0 aromatic heterocycles. The van der Waals surface area contributed by atoms with E-state index in [1.165, 1.54) is 22.3 Å². The lowest BCUT2D eigenvalue weighted by Gasteiger charge is -2.34. The summed E-state index contributed by atoms with van der Waals surface area (Å²) in [6, 6.07) is 13.2. The number of aryl methyl sites for hydroxylation is 3. The van der Waals surface area contributed by atoms with Gasteiger partial charge in [-0.25, -0.2) is 8.42 Å². The van der Waals surface area contributed by atoms with Gasteiger partial charge in [0.05, 0.1) is 4.90 Å². The first-order valence-corrected chi connectivity index (χ1v) is 10.2. The molecule has 0 radical (unpaired) electrons. The van der Waals surface area contributed by atoms with Gasteiger partial charge in [-0.15, -0.1) is 0 Å². The molecule has 1 fully saturated rings. The van der Waals surface area contributed by atoms with Crippen molar-refractivity contribution in [2.45, 2.75) is 32.2 Å². The molecule has 25 heavy (non-hydrogen) atoms. The van der Waals surface area contributed by atoms with E-state index in [1.54, 1.807) is 28.6 Å². The molecule has 0 saturated carbocycles. The molecule has 3 rings (SSSR count). The van der Waals surface area contributed by atoms with Crippen molar-refractivity contribution >= 4 is 10.0 Å². The third kappa shape index (κ3) is 3.94. The summed E-state index contributed by atoms with van der Waals surface area (Å²) < 4.78 is 27.0. The SMILES string of the molecule is Cc1cc(C)c(CN2CCN(S(=O)(=O)c3ccccc3)CC2)c(C)c1. The largest absolute Gasteiger partial charge is 0.296 e. The molecule has 4 nitrogen and oxygen atoms in total. The zero-order valence-corrected chi connectivity index (χ0v) is 16.0. The van der Waals surface area contributed by atoms with Crippen LogP contribution in [-0.4, -0.2) is 43.8 Å². The second-order valence-corrected chi connectivity index (χ2v) is 8.81. The van der Waals surface area contributed by atoms with Crippen LogP contribution in [-0.2, 0) is 16.6 Å². The van der Waals surface area contributed by atoms with E-state index >= 15 is 0 Å². The van der Waals surface area contributed by atoms with Crippen LogP contribution < -0.4 is 0 Å². The van der Waals surface area contributed by atoms with E-state index in [9.17, 15) is 8.42 Å². The van der Waals surface area contributed by atoms with Crippen molar-refractivity contribution in [2.75, 3.05) is 26.2 Å². The van der Waals surface area contributed by atoms with Crippen molar-refractivity contribution in [3.05, 3.63) is 64.7 Å². The zero-order valence-electron chi connectivity index (χ0n) is 15.2. The highest BCUT2D eigenvalue weighted by Gasteiger charge is 2.28. The molecule has 0 amide bonds. The molecule has 0 atom stereocenters. The Bertz CT molecular complexity index is 816. The lowest BCUT2D eigenvalue weighted by Crippen LogP contribution is -2.48. The molecule has 0 spiro atoms. The second kappa shape index (κ2) is 7.28. The Balaban J connectivity index is 1.67. The predicted octanol–water partition coefficient (Wildman–Crippen LogP) is 3.12. The Morgan fingerprint density at radius 1 is 0.880 bits per heavy atom. The van der Waals surface area contributed by atoms with Crippen LogP contribution in [0.25, 0.3) is 0 Å². The van der Waals surface area contributed by atoms with Crippen LogP contribution in [0.5, 0.6) is 0 Å². The summed E-state index contributed by atoms with van der Waals surface area (Å²) in [7, 11) is -3.37. The fourth-order valence-corrected chi connectivity index (χ4v) is 5.00. The van der Waals surface area contributed by atoms with Crippen LogP contribution in [0, 0.1) is 20.8 Å². The molecule has 1 saturated heterocycles. The maximum atomic E-state index is 12.7. The highest BCUT2D eigenvalue weighted by atomic mass is 32.2. The minimum Gasteiger partial charge on any atom is -0.296 e. The van der Waals surface area contributed by atoms with Gasteiger partial charge in [-0.1, -0.05) is 35.9 Å². The first kappa shape index (κ1) is 18.1. The molecular weight excluding hydrogens is 332 g/mol. The van der Waals surface area contributed by atoms with Gasteiger partial charge >= 0.3 is 0 Å². The normalized spacial score (nSPS) is 16.9. The van der Waals surface area contributed by atoms with Crippen LogP contribution >= 0.6 is 0 Å². The molecule has 2 aromatic carbocycles. The summed E-state index contributed by atoms with van der Waals surface area (Å²) in [5.41, 5.74) is 5.29. The Morgan fingerprint density at radius 2 is 1.44 bits per heavy atom. The van der Waals surface area contributed by atoms with Crippen LogP contribution in [0.2, 0.25) is 0 Å². The lowest BCUT2D eigenvalue weighted by molar-refractivity contribution is 0.181. The summed E-state index contributed by atoms with van der Waals surface area (Å²) >= 11 is 0. The molecule has 0 aliphatic carbocycles. The molecule has 1 aliphatic rings. The number of sulfonamides is 1. The molecule has 2 aromatic rings. The number of benzene rings is 2. The predicted molar refractivity (Wildman–Crippen MR) is 101 cm³/mol. The van der Waals surface area contributed by atoms with E-state index in [4.69, 9.17) is 0 Å². The smallest absolute Gasteiger partial charge is 0.243 e. The molecule has 134 valence electrons. The van der Waals surface area contributed by atoms with Gasteiger partial charge in [0.2, 0.25) is 10.0 Å². The standard InChI is InChI=1S/C20H26N2O2S/c1-16-13-17(2)20(18(3)14-16)15-21-9-11-22(12-10-21)25(23,24)19-7-5-4-6-8-19/h4-8,13-14H,9-12,15H2,1-3H3. The van der Waals surface area contributed by atoms with Gasteiger partial charge in [0.1, 0.15) is 0 Å². The van der Waals surface area contributed by atoms with E-state index < -0.39 is 10.0 Å². The maximum absolute atomic E-state index is 12.7. The number of rotatable bonds is 4. The van der Waals surface area contributed by atoms with E-state index in [0.717, 1.165) is 19.6 Å². The first-order chi connectivity index (χ1) is 11.9. The molecule has 1 heterocycles. The lowest BCUT2D eigenvalue weighted by atomic mass is 9.99. The average molecular weight is 359 g/mol. The van der Waals surface area contributed by atoms with Gasteiger partial charge in [-0.2, -0.15) is 4.31 Å². The van der Waals surface area contributed by atoms with E-state index in [2.05, 4.69) is 37.8 Å². The number of hydrogen-bond donors (Lipinski definition) is 0. The number of hydrogen-bond acceptors (Lipinski definition) is 3. The van der Waals surface area contributed by atoms with Gasteiger partial charge < -0.3 is 0 Å². The van der Waals surface area contributed by atoms with Crippen molar-refractivity contribution in [1.82, 2.24) is 9.21 Å². The van der Waals surface area contributed by atoms with Gasteiger partial charge in [-0.3, -0.25) is 4.90 Å². The first-order valence-electron chi connectivity index (χ1n) is 8.72. The number of piperazine rings is 1. The highest BCUT2D eigenvalue weighted by Crippen LogP contribution is 2.21. The Hall–Kier alpha value is -1.69.